The highest BCUT2D eigenvalue weighted by molar-refractivity contribution is 5.97. The van der Waals surface area contributed by atoms with Crippen molar-refractivity contribution >= 4 is 5.78 Å². The lowest BCUT2D eigenvalue weighted by atomic mass is 10.1. The van der Waals surface area contributed by atoms with E-state index >= 15 is 0 Å². The van der Waals surface area contributed by atoms with Crippen LogP contribution in [-0.2, 0) is 6.42 Å². The van der Waals surface area contributed by atoms with Crippen molar-refractivity contribution < 1.29 is 9.53 Å². The fourth-order valence-electron chi connectivity index (χ4n) is 1.92. The Balaban J connectivity index is 2.71. The minimum absolute atomic E-state index is 0.0924. The number of hydrogen-bond donors (Lipinski definition) is 1. The Morgan fingerprint density at radius 1 is 1.62 bits per heavy atom. The van der Waals surface area contributed by atoms with Crippen molar-refractivity contribution in [3.05, 3.63) is 27.7 Å². The molecule has 2 heterocycles. The number of nitrogens with zero attached hydrogens (tertiary/aromatic N) is 1. The second-order valence-corrected chi connectivity index (χ2v) is 3.65. The Morgan fingerprint density at radius 3 is 3.00 bits per heavy atom. The summed E-state index contributed by atoms with van der Waals surface area (Å²) in [6.07, 6.45) is 1.10. The fraction of sp³-hybridized carbons (Fsp3) is 0.455. The third-order valence-electron chi connectivity index (χ3n) is 2.69. The van der Waals surface area contributed by atoms with Gasteiger partial charge >= 0.3 is 0 Å². The number of aromatic nitrogens is 1. The Hall–Kier alpha value is -1.78. The van der Waals surface area contributed by atoms with Crippen LogP contribution in [0.25, 0.3) is 0 Å². The molecule has 0 amide bonds. The summed E-state index contributed by atoms with van der Waals surface area (Å²) >= 11 is 0. The van der Waals surface area contributed by atoms with Gasteiger partial charge in [-0.15, -0.1) is 0 Å². The van der Waals surface area contributed by atoms with Gasteiger partial charge in [0.1, 0.15) is 0 Å². The molecule has 86 valence electrons. The minimum atomic E-state index is -0.228. The quantitative estimate of drug-likeness (QED) is 0.759. The monoisotopic (exact) mass is 222 g/mol. The number of carbonyl (C=O) groups is 1. The Kier molecular flexibility index (Phi) is 2.68. The van der Waals surface area contributed by atoms with Crippen LogP contribution in [0.2, 0.25) is 0 Å². The molecule has 0 bridgehead atoms. The van der Waals surface area contributed by atoms with Crippen LogP contribution in [0, 0.1) is 0 Å². The SMILES string of the molecule is CCC(=O)c1c(OC)c(=O)cc2n1NCC2. The van der Waals surface area contributed by atoms with Gasteiger partial charge in [0.2, 0.25) is 5.43 Å². The molecule has 1 aromatic rings. The first-order valence-corrected chi connectivity index (χ1v) is 5.29. The number of Topliss-reactive ketones (excluding diaryl/α,β-unsaturated/α-hetero) is 1. The molecular weight excluding hydrogens is 208 g/mol. The largest absolute Gasteiger partial charge is 0.491 e. The van der Waals surface area contributed by atoms with Gasteiger partial charge in [-0.1, -0.05) is 6.92 Å². The first-order valence-electron chi connectivity index (χ1n) is 5.29. The summed E-state index contributed by atoms with van der Waals surface area (Å²) in [6, 6.07) is 1.52. The normalized spacial score (nSPS) is 13.1. The highest BCUT2D eigenvalue weighted by atomic mass is 16.5. The number of rotatable bonds is 3. The molecule has 0 saturated carbocycles. The third kappa shape index (κ3) is 1.48. The molecule has 0 saturated heterocycles. The number of nitrogens with one attached hydrogen (secondary N) is 1. The third-order valence-corrected chi connectivity index (χ3v) is 2.69. The van der Waals surface area contributed by atoms with E-state index in [-0.39, 0.29) is 17.0 Å². The van der Waals surface area contributed by atoms with Gasteiger partial charge in [0.15, 0.2) is 17.2 Å². The van der Waals surface area contributed by atoms with E-state index in [0.29, 0.717) is 12.1 Å². The van der Waals surface area contributed by atoms with Gasteiger partial charge in [0.05, 0.1) is 7.11 Å². The topological polar surface area (TPSA) is 60.3 Å². The molecule has 0 aromatic carbocycles. The van der Waals surface area contributed by atoms with Crippen LogP contribution in [-0.4, -0.2) is 24.1 Å². The number of fused-ring (bicyclic) bond motifs is 1. The average Bonchev–Trinajstić information content (AvgIpc) is 2.73. The second kappa shape index (κ2) is 4.00. The second-order valence-electron chi connectivity index (χ2n) is 3.65. The van der Waals surface area contributed by atoms with Crippen molar-refractivity contribution in [1.29, 1.82) is 0 Å². The molecule has 0 radical (unpaired) electrons. The summed E-state index contributed by atoms with van der Waals surface area (Å²) in [4.78, 5) is 23.6. The van der Waals surface area contributed by atoms with Gasteiger partial charge in [-0.3, -0.25) is 14.3 Å². The molecule has 1 N–H and O–H groups in total. The van der Waals surface area contributed by atoms with Crippen LogP contribution >= 0.6 is 0 Å². The van der Waals surface area contributed by atoms with Crippen molar-refractivity contribution in [2.75, 3.05) is 19.1 Å². The minimum Gasteiger partial charge on any atom is -0.491 e. The molecule has 1 aromatic heterocycles. The van der Waals surface area contributed by atoms with E-state index in [0.717, 1.165) is 18.7 Å². The van der Waals surface area contributed by atoms with Gasteiger partial charge in [0, 0.05) is 31.1 Å². The number of hydrogen-bond acceptors (Lipinski definition) is 4. The predicted octanol–water partition coefficient (Wildman–Crippen LogP) is 0.549. The van der Waals surface area contributed by atoms with E-state index in [2.05, 4.69) is 5.43 Å². The summed E-state index contributed by atoms with van der Waals surface area (Å²) < 4.78 is 6.70. The van der Waals surface area contributed by atoms with E-state index in [1.807, 2.05) is 0 Å². The number of ketones is 1. The van der Waals surface area contributed by atoms with Crippen molar-refractivity contribution in [2.45, 2.75) is 19.8 Å². The summed E-state index contributed by atoms with van der Waals surface area (Å²) in [6.45, 7) is 2.50. The van der Waals surface area contributed by atoms with Gasteiger partial charge in [-0.05, 0) is 0 Å². The lowest BCUT2D eigenvalue weighted by Crippen LogP contribution is -2.23. The Morgan fingerprint density at radius 2 is 2.38 bits per heavy atom. The molecule has 1 aliphatic heterocycles. The van der Waals surface area contributed by atoms with Crippen molar-refractivity contribution in [1.82, 2.24) is 4.68 Å². The zero-order valence-corrected chi connectivity index (χ0v) is 9.37. The fourth-order valence-corrected chi connectivity index (χ4v) is 1.92. The van der Waals surface area contributed by atoms with Gasteiger partial charge < -0.3 is 10.2 Å². The van der Waals surface area contributed by atoms with E-state index < -0.39 is 0 Å². The van der Waals surface area contributed by atoms with E-state index in [4.69, 9.17) is 4.74 Å². The zero-order chi connectivity index (χ0) is 11.7. The maximum atomic E-state index is 11.8. The summed E-state index contributed by atoms with van der Waals surface area (Å²) in [5, 5.41) is 0. The molecule has 1 aliphatic rings. The van der Waals surface area contributed by atoms with Crippen molar-refractivity contribution in [3.8, 4) is 5.75 Å². The molecule has 0 unspecified atom stereocenters. The lowest BCUT2D eigenvalue weighted by Gasteiger charge is -2.14. The Labute approximate surface area is 93.0 Å². The molecule has 16 heavy (non-hydrogen) atoms. The molecule has 0 spiro atoms. The van der Waals surface area contributed by atoms with Gasteiger partial charge in [-0.25, -0.2) is 0 Å². The first-order chi connectivity index (χ1) is 7.69. The van der Waals surface area contributed by atoms with Crippen LogP contribution in [0.1, 0.15) is 29.5 Å². The zero-order valence-electron chi connectivity index (χ0n) is 9.37. The smallest absolute Gasteiger partial charge is 0.224 e. The maximum absolute atomic E-state index is 11.8. The number of pyridine rings is 1. The Bertz CT molecular complexity index is 491. The lowest BCUT2D eigenvalue weighted by molar-refractivity contribution is 0.0976. The first kappa shape index (κ1) is 10.7. The van der Waals surface area contributed by atoms with E-state index in [1.54, 1.807) is 11.6 Å². The number of carbonyl (C=O) groups excluding carboxylic acids is 1. The summed E-state index contributed by atoms with van der Waals surface area (Å²) in [5.74, 6) is 0.0372. The average molecular weight is 222 g/mol. The molecule has 5 heteroatoms. The van der Waals surface area contributed by atoms with Crippen LogP contribution in [0.4, 0.5) is 0 Å². The molecule has 5 nitrogen and oxygen atoms in total. The molecule has 0 aliphatic carbocycles. The molecule has 0 fully saturated rings. The van der Waals surface area contributed by atoms with Crippen molar-refractivity contribution in [2.24, 2.45) is 0 Å². The van der Waals surface area contributed by atoms with Crippen LogP contribution < -0.4 is 15.6 Å². The predicted molar refractivity (Wildman–Crippen MR) is 59.8 cm³/mol. The molecule has 2 rings (SSSR count). The van der Waals surface area contributed by atoms with Crippen molar-refractivity contribution in [3.63, 3.8) is 0 Å². The summed E-state index contributed by atoms with van der Waals surface area (Å²) in [7, 11) is 1.41. The highest BCUT2D eigenvalue weighted by Gasteiger charge is 2.23. The summed E-state index contributed by atoms with van der Waals surface area (Å²) in [5.41, 5.74) is 4.01. The van der Waals surface area contributed by atoms with Crippen LogP contribution in [0.5, 0.6) is 5.75 Å². The van der Waals surface area contributed by atoms with Crippen LogP contribution in [0.3, 0.4) is 0 Å². The molecule has 0 atom stereocenters. The number of ether oxygens (including phenoxy) is 1. The van der Waals surface area contributed by atoms with E-state index in [1.165, 1.54) is 13.2 Å². The highest BCUT2D eigenvalue weighted by Crippen LogP contribution is 2.19. The number of methoxy groups -OCH3 is 1. The van der Waals surface area contributed by atoms with E-state index in [9.17, 15) is 9.59 Å². The standard InChI is InChI=1S/C11H14N2O3/c1-3-8(14)10-11(16-2)9(15)6-7-4-5-12-13(7)10/h6,12H,3-5H2,1-2H3. The van der Waals surface area contributed by atoms with Gasteiger partial charge in [-0.2, -0.15) is 0 Å². The maximum Gasteiger partial charge on any atom is 0.224 e. The van der Waals surface area contributed by atoms with Gasteiger partial charge in [0.25, 0.3) is 0 Å². The van der Waals surface area contributed by atoms with Crippen LogP contribution in [0.15, 0.2) is 10.9 Å². The molecular formula is C11H14N2O3.